The van der Waals surface area contributed by atoms with E-state index in [1.807, 2.05) is 26.0 Å². The van der Waals surface area contributed by atoms with E-state index in [2.05, 4.69) is 0 Å². The summed E-state index contributed by atoms with van der Waals surface area (Å²) in [5.74, 6) is 0.467. The lowest BCUT2D eigenvalue weighted by molar-refractivity contribution is 0.0783. The van der Waals surface area contributed by atoms with E-state index in [-0.39, 0.29) is 11.8 Å². The second kappa shape index (κ2) is 6.52. The second-order valence-corrected chi connectivity index (χ2v) is 5.16. The van der Waals surface area contributed by atoms with Gasteiger partial charge in [0.25, 0.3) is 5.91 Å². The first-order valence-corrected chi connectivity index (χ1v) is 6.47. The van der Waals surface area contributed by atoms with Crippen LogP contribution < -0.4 is 10.5 Å². The Kier molecular flexibility index (Phi) is 5.30. The highest BCUT2D eigenvalue weighted by molar-refractivity contribution is 7.80. The Balaban J connectivity index is 2.93. The van der Waals surface area contributed by atoms with Gasteiger partial charge in [-0.2, -0.15) is 0 Å². The Labute approximate surface area is 119 Å². The monoisotopic (exact) mass is 280 g/mol. The number of amides is 1. The fourth-order valence-electron chi connectivity index (χ4n) is 1.78. The zero-order chi connectivity index (χ0) is 14.6. The quantitative estimate of drug-likeness (QED) is 0.838. The first-order chi connectivity index (χ1) is 8.86. The molecule has 0 saturated heterocycles. The summed E-state index contributed by atoms with van der Waals surface area (Å²) in [6, 6.07) is 5.53. The van der Waals surface area contributed by atoms with Crippen molar-refractivity contribution in [2.24, 2.45) is 11.7 Å². The van der Waals surface area contributed by atoms with E-state index in [1.54, 1.807) is 25.1 Å². The average molecular weight is 280 g/mol. The normalized spacial score (nSPS) is 11.8. The van der Waals surface area contributed by atoms with Crippen molar-refractivity contribution in [2.45, 2.75) is 13.8 Å². The van der Waals surface area contributed by atoms with Crippen molar-refractivity contribution in [2.75, 3.05) is 20.7 Å². The van der Waals surface area contributed by atoms with Crippen LogP contribution in [0.5, 0.6) is 5.75 Å². The molecule has 2 N–H and O–H groups in total. The number of nitrogens with two attached hydrogens (primary N) is 1. The van der Waals surface area contributed by atoms with Gasteiger partial charge in [0.15, 0.2) is 0 Å². The molecule has 0 spiro atoms. The summed E-state index contributed by atoms with van der Waals surface area (Å²) in [5, 5.41) is 0. The summed E-state index contributed by atoms with van der Waals surface area (Å²) in [6.45, 7) is 4.33. The molecule has 1 aromatic carbocycles. The zero-order valence-electron chi connectivity index (χ0n) is 11.8. The third kappa shape index (κ3) is 3.92. The molecule has 5 heteroatoms. The van der Waals surface area contributed by atoms with Crippen molar-refractivity contribution in [3.8, 4) is 5.75 Å². The molecule has 1 rings (SSSR count). The molecule has 0 aliphatic rings. The van der Waals surface area contributed by atoms with Gasteiger partial charge in [-0.1, -0.05) is 30.8 Å². The maximum Gasteiger partial charge on any atom is 0.257 e. The molecule has 104 valence electrons. The van der Waals surface area contributed by atoms with Crippen LogP contribution in [-0.4, -0.2) is 36.5 Å². The number of benzene rings is 1. The SMILES string of the molecule is COc1ccc(C)cc1C(=O)N(C)CC(C)C(N)=S. The van der Waals surface area contributed by atoms with Crippen LogP contribution in [0.15, 0.2) is 18.2 Å². The van der Waals surface area contributed by atoms with Crippen LogP contribution in [0.3, 0.4) is 0 Å². The molecule has 0 radical (unpaired) electrons. The minimum atomic E-state index is -0.0938. The molecule has 0 fully saturated rings. The van der Waals surface area contributed by atoms with E-state index in [0.29, 0.717) is 22.8 Å². The lowest BCUT2D eigenvalue weighted by Gasteiger charge is -2.22. The number of hydrogen-bond donors (Lipinski definition) is 1. The summed E-state index contributed by atoms with van der Waals surface area (Å²) in [4.78, 5) is 14.4. The van der Waals surface area contributed by atoms with Crippen LogP contribution in [0, 0.1) is 12.8 Å². The lowest BCUT2D eigenvalue weighted by atomic mass is 10.1. The summed E-state index contributed by atoms with van der Waals surface area (Å²) in [6.07, 6.45) is 0. The third-order valence-electron chi connectivity index (χ3n) is 2.97. The largest absolute Gasteiger partial charge is 0.496 e. The van der Waals surface area contributed by atoms with Crippen LogP contribution >= 0.6 is 12.2 Å². The van der Waals surface area contributed by atoms with Crippen LogP contribution in [0.2, 0.25) is 0 Å². The van der Waals surface area contributed by atoms with Gasteiger partial charge in [-0.3, -0.25) is 4.79 Å². The van der Waals surface area contributed by atoms with Crippen molar-refractivity contribution in [3.05, 3.63) is 29.3 Å². The molecule has 0 aromatic heterocycles. The van der Waals surface area contributed by atoms with Crippen molar-refractivity contribution in [1.29, 1.82) is 0 Å². The number of carbonyl (C=O) groups is 1. The minimum Gasteiger partial charge on any atom is -0.496 e. The number of hydrogen-bond acceptors (Lipinski definition) is 3. The standard InChI is InChI=1S/C14H20N2O2S/c1-9-5-6-12(18-4)11(7-9)14(17)16(3)8-10(2)13(15)19/h5-7,10H,8H2,1-4H3,(H2,15,19). The highest BCUT2D eigenvalue weighted by Gasteiger charge is 2.19. The molecular weight excluding hydrogens is 260 g/mol. The predicted molar refractivity (Wildman–Crippen MR) is 80.6 cm³/mol. The first kappa shape index (κ1) is 15.4. The minimum absolute atomic E-state index is 0.0141. The number of rotatable bonds is 5. The maximum atomic E-state index is 12.4. The molecule has 0 heterocycles. The Morgan fingerprint density at radius 1 is 1.53 bits per heavy atom. The molecule has 0 saturated carbocycles. The van der Waals surface area contributed by atoms with Crippen LogP contribution in [0.1, 0.15) is 22.8 Å². The molecule has 19 heavy (non-hydrogen) atoms. The summed E-state index contributed by atoms with van der Waals surface area (Å²) in [5.41, 5.74) is 7.14. The summed E-state index contributed by atoms with van der Waals surface area (Å²) < 4.78 is 5.23. The smallest absolute Gasteiger partial charge is 0.257 e. The fourth-order valence-corrected chi connectivity index (χ4v) is 1.85. The molecular formula is C14H20N2O2S. The molecule has 1 aromatic rings. The van der Waals surface area contributed by atoms with Crippen molar-refractivity contribution in [1.82, 2.24) is 4.90 Å². The van der Waals surface area contributed by atoms with Crippen molar-refractivity contribution >= 4 is 23.1 Å². The number of ether oxygens (including phenoxy) is 1. The Hall–Kier alpha value is -1.62. The van der Waals surface area contributed by atoms with Gasteiger partial charge in [0.2, 0.25) is 0 Å². The van der Waals surface area contributed by atoms with E-state index in [4.69, 9.17) is 22.7 Å². The van der Waals surface area contributed by atoms with Gasteiger partial charge in [0.05, 0.1) is 17.7 Å². The van der Waals surface area contributed by atoms with Gasteiger partial charge >= 0.3 is 0 Å². The first-order valence-electron chi connectivity index (χ1n) is 6.06. The van der Waals surface area contributed by atoms with E-state index in [1.165, 1.54) is 0 Å². The molecule has 0 bridgehead atoms. The molecule has 1 unspecified atom stereocenters. The predicted octanol–water partition coefficient (Wildman–Crippen LogP) is 2.00. The van der Waals surface area contributed by atoms with Crippen molar-refractivity contribution < 1.29 is 9.53 Å². The Bertz CT molecular complexity index is 488. The average Bonchev–Trinajstić information content (AvgIpc) is 2.37. The van der Waals surface area contributed by atoms with Crippen LogP contribution in [0.25, 0.3) is 0 Å². The van der Waals surface area contributed by atoms with Crippen LogP contribution in [-0.2, 0) is 0 Å². The van der Waals surface area contributed by atoms with Crippen LogP contribution in [0.4, 0.5) is 0 Å². The summed E-state index contributed by atoms with van der Waals surface area (Å²) in [7, 11) is 3.29. The molecule has 0 aliphatic heterocycles. The van der Waals surface area contributed by atoms with Crippen molar-refractivity contribution in [3.63, 3.8) is 0 Å². The third-order valence-corrected chi connectivity index (χ3v) is 3.37. The topological polar surface area (TPSA) is 55.6 Å². The molecule has 4 nitrogen and oxygen atoms in total. The van der Waals surface area contributed by atoms with Gasteiger partial charge < -0.3 is 15.4 Å². The number of carbonyl (C=O) groups excluding carboxylic acids is 1. The Morgan fingerprint density at radius 3 is 2.68 bits per heavy atom. The number of thiocarbonyl (C=S) groups is 1. The van der Waals surface area contributed by atoms with Gasteiger partial charge in [-0.05, 0) is 19.1 Å². The maximum absolute atomic E-state index is 12.4. The second-order valence-electron chi connectivity index (χ2n) is 4.69. The van der Waals surface area contributed by atoms with Gasteiger partial charge in [-0.15, -0.1) is 0 Å². The van der Waals surface area contributed by atoms with E-state index >= 15 is 0 Å². The van der Waals surface area contributed by atoms with E-state index < -0.39 is 0 Å². The Morgan fingerprint density at radius 2 is 2.16 bits per heavy atom. The lowest BCUT2D eigenvalue weighted by Crippen LogP contribution is -2.35. The fraction of sp³-hybridized carbons (Fsp3) is 0.429. The van der Waals surface area contributed by atoms with Gasteiger partial charge in [0, 0.05) is 19.5 Å². The van der Waals surface area contributed by atoms with Gasteiger partial charge in [-0.25, -0.2) is 0 Å². The van der Waals surface area contributed by atoms with E-state index in [9.17, 15) is 4.79 Å². The van der Waals surface area contributed by atoms with E-state index in [0.717, 1.165) is 5.56 Å². The number of methoxy groups -OCH3 is 1. The summed E-state index contributed by atoms with van der Waals surface area (Å²) >= 11 is 4.92. The highest BCUT2D eigenvalue weighted by Crippen LogP contribution is 2.21. The number of aryl methyl sites for hydroxylation is 1. The molecule has 0 aliphatic carbocycles. The molecule has 1 amide bonds. The molecule has 1 atom stereocenters. The van der Waals surface area contributed by atoms with Gasteiger partial charge in [0.1, 0.15) is 5.75 Å². The highest BCUT2D eigenvalue weighted by atomic mass is 32.1. The zero-order valence-corrected chi connectivity index (χ0v) is 12.6. The number of nitrogens with zero attached hydrogens (tertiary/aromatic N) is 1.